The maximum atomic E-state index is 12.7. The van der Waals surface area contributed by atoms with Crippen LogP contribution in [0.2, 0.25) is 0 Å². The Kier molecular flexibility index (Phi) is 6.08. The summed E-state index contributed by atoms with van der Waals surface area (Å²) in [6, 6.07) is 12.7. The lowest BCUT2D eigenvalue weighted by Gasteiger charge is -2.07. The number of hydrogen-bond acceptors (Lipinski definition) is 7. The number of aryl methyl sites for hydroxylation is 1. The van der Waals surface area contributed by atoms with Crippen molar-refractivity contribution in [2.24, 2.45) is 4.99 Å². The first-order chi connectivity index (χ1) is 16.1. The van der Waals surface area contributed by atoms with Crippen LogP contribution in [0.5, 0.6) is 0 Å². The second kappa shape index (κ2) is 8.99. The molecule has 0 radical (unpaired) electrons. The number of carboxylic acids is 1. The van der Waals surface area contributed by atoms with Crippen LogP contribution in [0.1, 0.15) is 27.2 Å². The van der Waals surface area contributed by atoms with Gasteiger partial charge in [0.2, 0.25) is 0 Å². The lowest BCUT2D eigenvalue weighted by Crippen LogP contribution is -2.23. The van der Waals surface area contributed by atoms with Gasteiger partial charge in [0, 0.05) is 30.3 Å². The molecule has 2 aromatic carbocycles. The second-order valence-corrected chi connectivity index (χ2v) is 8.63. The number of carbonyl (C=O) groups excluding carboxylic acids is 1. The Labute approximate surface area is 198 Å². The van der Waals surface area contributed by atoms with Crippen LogP contribution < -0.4 is 0 Å². The minimum atomic E-state index is -1.03. The van der Waals surface area contributed by atoms with E-state index >= 15 is 0 Å². The molecule has 1 N–H and O–H groups in total. The molecule has 172 valence electrons. The predicted molar refractivity (Wildman–Crippen MR) is 129 cm³/mol. The standard InChI is InChI=1S/C24H19N3O6S/c1-13-10-16(11-19(14(13)2)27(31)32)20-9-8-18(33-20)12-21-22(28)26(3)24(34-21)25-17-6-4-15(5-7-17)23(29)30/h4-12H,1-3H3,(H,29,30)/b21-12+,25-24?. The third-order valence-electron chi connectivity index (χ3n) is 5.36. The SMILES string of the molecule is Cc1cc(-c2ccc(/C=C3/SC(=Nc4ccc(C(=O)O)cc4)N(C)C3=O)o2)cc([N+](=O)[O-])c1C. The van der Waals surface area contributed by atoms with Gasteiger partial charge < -0.3 is 9.52 Å². The molecule has 0 saturated carbocycles. The van der Waals surface area contributed by atoms with E-state index in [-0.39, 0.29) is 17.2 Å². The van der Waals surface area contributed by atoms with Crippen molar-refractivity contribution in [1.82, 2.24) is 4.90 Å². The van der Waals surface area contributed by atoms with Gasteiger partial charge in [0.1, 0.15) is 11.5 Å². The molecule has 1 fully saturated rings. The Balaban J connectivity index is 1.59. The second-order valence-electron chi connectivity index (χ2n) is 7.62. The zero-order valence-electron chi connectivity index (χ0n) is 18.4. The quantitative estimate of drug-likeness (QED) is 0.296. The molecular formula is C24H19N3O6S. The first-order valence-corrected chi connectivity index (χ1v) is 10.9. The van der Waals surface area contributed by atoms with Crippen molar-refractivity contribution in [2.45, 2.75) is 13.8 Å². The van der Waals surface area contributed by atoms with Crippen molar-refractivity contribution in [2.75, 3.05) is 7.05 Å². The zero-order valence-corrected chi connectivity index (χ0v) is 19.3. The number of carboxylic acid groups (broad SMARTS) is 1. The molecule has 1 aliphatic heterocycles. The van der Waals surface area contributed by atoms with Crippen LogP contribution in [0.4, 0.5) is 11.4 Å². The van der Waals surface area contributed by atoms with Crippen molar-refractivity contribution in [3.05, 3.63) is 86.0 Å². The molecule has 0 unspecified atom stereocenters. The molecule has 1 amide bonds. The van der Waals surface area contributed by atoms with Crippen molar-refractivity contribution in [3.8, 4) is 11.3 Å². The number of hydrogen-bond donors (Lipinski definition) is 1. The summed E-state index contributed by atoms with van der Waals surface area (Å²) in [5.74, 6) is -0.410. The third kappa shape index (κ3) is 4.48. The van der Waals surface area contributed by atoms with Crippen molar-refractivity contribution >= 4 is 46.3 Å². The number of benzene rings is 2. The number of nitrogens with zero attached hydrogens (tertiary/aromatic N) is 3. The number of furan rings is 1. The van der Waals surface area contributed by atoms with E-state index < -0.39 is 10.9 Å². The van der Waals surface area contributed by atoms with Gasteiger partial charge >= 0.3 is 5.97 Å². The van der Waals surface area contributed by atoms with E-state index in [4.69, 9.17) is 9.52 Å². The number of nitro groups is 1. The first-order valence-electron chi connectivity index (χ1n) is 10.1. The molecule has 3 aromatic rings. The monoisotopic (exact) mass is 477 g/mol. The van der Waals surface area contributed by atoms with Crippen LogP contribution in [0.15, 0.2) is 62.8 Å². The average Bonchev–Trinajstić information content (AvgIpc) is 3.36. The number of nitro benzene ring substituents is 1. The Morgan fingerprint density at radius 3 is 2.53 bits per heavy atom. The highest BCUT2D eigenvalue weighted by molar-refractivity contribution is 8.18. The minimum Gasteiger partial charge on any atom is -0.478 e. The maximum Gasteiger partial charge on any atom is 0.335 e. The van der Waals surface area contributed by atoms with Crippen LogP contribution in [-0.2, 0) is 4.79 Å². The van der Waals surface area contributed by atoms with Crippen LogP contribution in [-0.4, -0.2) is 39.0 Å². The van der Waals surface area contributed by atoms with E-state index in [1.807, 2.05) is 6.07 Å². The lowest BCUT2D eigenvalue weighted by molar-refractivity contribution is -0.385. The van der Waals surface area contributed by atoms with E-state index in [0.717, 1.165) is 17.3 Å². The van der Waals surface area contributed by atoms with E-state index in [0.29, 0.717) is 38.4 Å². The Hall–Kier alpha value is -4.18. The molecule has 1 aliphatic rings. The highest BCUT2D eigenvalue weighted by Gasteiger charge is 2.30. The zero-order chi connectivity index (χ0) is 24.6. The molecule has 0 aliphatic carbocycles. The van der Waals surface area contributed by atoms with Crippen LogP contribution in [0.3, 0.4) is 0 Å². The summed E-state index contributed by atoms with van der Waals surface area (Å²) in [6.45, 7) is 3.51. The molecule has 1 saturated heterocycles. The fourth-order valence-corrected chi connectivity index (χ4v) is 4.29. The summed E-state index contributed by atoms with van der Waals surface area (Å²) < 4.78 is 5.86. The van der Waals surface area contributed by atoms with E-state index in [1.165, 1.54) is 23.1 Å². The van der Waals surface area contributed by atoms with Gasteiger partial charge in [0.15, 0.2) is 5.17 Å². The van der Waals surface area contributed by atoms with Crippen molar-refractivity contribution in [1.29, 1.82) is 0 Å². The minimum absolute atomic E-state index is 0.0201. The van der Waals surface area contributed by atoms with Crippen molar-refractivity contribution < 1.29 is 24.0 Å². The van der Waals surface area contributed by atoms with Crippen molar-refractivity contribution in [3.63, 3.8) is 0 Å². The van der Waals surface area contributed by atoms with Gasteiger partial charge in [-0.1, -0.05) is 0 Å². The number of amidine groups is 1. The number of carbonyl (C=O) groups is 2. The van der Waals surface area contributed by atoms with Crippen LogP contribution >= 0.6 is 11.8 Å². The fourth-order valence-electron chi connectivity index (χ4n) is 3.33. The number of amides is 1. The molecule has 34 heavy (non-hydrogen) atoms. The largest absolute Gasteiger partial charge is 0.478 e. The number of thioether (sulfide) groups is 1. The Morgan fingerprint density at radius 2 is 1.88 bits per heavy atom. The molecule has 0 bridgehead atoms. The van der Waals surface area contributed by atoms with Gasteiger partial charge in [0.25, 0.3) is 11.6 Å². The first kappa shape index (κ1) is 23.0. The van der Waals surface area contributed by atoms with Crippen LogP contribution in [0.25, 0.3) is 17.4 Å². The summed E-state index contributed by atoms with van der Waals surface area (Å²) in [5.41, 5.74) is 2.64. The molecule has 1 aromatic heterocycles. The Bertz CT molecular complexity index is 1390. The molecule has 0 atom stereocenters. The topological polar surface area (TPSA) is 126 Å². The molecular weight excluding hydrogens is 458 g/mol. The van der Waals surface area contributed by atoms with Gasteiger partial charge in [-0.3, -0.25) is 19.8 Å². The third-order valence-corrected chi connectivity index (χ3v) is 6.42. The molecule has 10 heteroatoms. The Morgan fingerprint density at radius 1 is 1.18 bits per heavy atom. The normalized spacial score (nSPS) is 16.0. The summed E-state index contributed by atoms with van der Waals surface area (Å²) >= 11 is 1.16. The molecule has 0 spiro atoms. The summed E-state index contributed by atoms with van der Waals surface area (Å²) in [7, 11) is 1.60. The highest BCUT2D eigenvalue weighted by Crippen LogP contribution is 2.35. The number of aliphatic imine (C=N–C) groups is 1. The highest BCUT2D eigenvalue weighted by atomic mass is 32.2. The lowest BCUT2D eigenvalue weighted by atomic mass is 10.0. The van der Waals surface area contributed by atoms with Crippen LogP contribution in [0, 0.1) is 24.0 Å². The van der Waals surface area contributed by atoms with Gasteiger partial charge in [-0.25, -0.2) is 9.79 Å². The molecule has 9 nitrogen and oxygen atoms in total. The van der Waals surface area contributed by atoms with E-state index in [2.05, 4.69) is 4.99 Å². The number of likely N-dealkylation sites (N-methyl/N-ethyl adjacent to an activating group) is 1. The maximum absolute atomic E-state index is 12.7. The molecule has 4 rings (SSSR count). The number of aromatic carboxylic acids is 1. The molecule has 2 heterocycles. The van der Waals surface area contributed by atoms with E-state index in [1.54, 1.807) is 51.2 Å². The summed E-state index contributed by atoms with van der Waals surface area (Å²) in [6.07, 6.45) is 1.60. The fraction of sp³-hybridized carbons (Fsp3) is 0.125. The van der Waals surface area contributed by atoms with Gasteiger partial charge in [-0.05, 0) is 73.6 Å². The van der Waals surface area contributed by atoms with E-state index in [9.17, 15) is 19.7 Å². The number of rotatable bonds is 5. The predicted octanol–water partition coefficient (Wildman–Crippen LogP) is 5.40. The van der Waals surface area contributed by atoms with Gasteiger partial charge in [-0.2, -0.15) is 0 Å². The smallest absolute Gasteiger partial charge is 0.335 e. The average molecular weight is 477 g/mol. The van der Waals surface area contributed by atoms with Gasteiger partial charge in [-0.15, -0.1) is 0 Å². The summed E-state index contributed by atoms with van der Waals surface area (Å²) in [5, 5.41) is 20.8. The summed E-state index contributed by atoms with van der Waals surface area (Å²) in [4.78, 5) is 40.9. The van der Waals surface area contributed by atoms with Gasteiger partial charge in [0.05, 0.1) is 21.1 Å².